The van der Waals surface area contributed by atoms with Crippen molar-refractivity contribution >= 4 is 18.0 Å². The number of amides is 2. The van der Waals surface area contributed by atoms with Gasteiger partial charge in [-0.3, -0.25) is 9.59 Å². The molecule has 0 atom stereocenters. The van der Waals surface area contributed by atoms with Crippen LogP contribution >= 0.6 is 0 Å². The molecular weight excluding hydrogens is 333 g/mol. The molecule has 0 aliphatic carbocycles. The summed E-state index contributed by atoms with van der Waals surface area (Å²) >= 11 is 0. The largest absolute Gasteiger partial charge is 0.352 e. The van der Waals surface area contributed by atoms with E-state index in [0.29, 0.717) is 30.5 Å². The molecule has 136 valence electrons. The van der Waals surface area contributed by atoms with Crippen LogP contribution in [0.1, 0.15) is 41.6 Å². The maximum Gasteiger partial charge on any atom is 0.251 e. The van der Waals surface area contributed by atoms with E-state index in [4.69, 9.17) is 0 Å². The van der Waals surface area contributed by atoms with Crippen LogP contribution in [0.2, 0.25) is 0 Å². The molecule has 6 heteroatoms. The van der Waals surface area contributed by atoms with Crippen molar-refractivity contribution in [2.75, 3.05) is 6.54 Å². The Labute approximate surface area is 152 Å². The van der Waals surface area contributed by atoms with Crippen LogP contribution in [0.5, 0.6) is 0 Å². The van der Waals surface area contributed by atoms with Gasteiger partial charge in [0, 0.05) is 24.1 Å². The monoisotopic (exact) mass is 355 g/mol. The second-order valence-corrected chi connectivity index (χ2v) is 5.75. The second-order valence-electron chi connectivity index (χ2n) is 5.75. The van der Waals surface area contributed by atoms with E-state index >= 15 is 0 Å². The highest BCUT2D eigenvalue weighted by Crippen LogP contribution is 2.03. The topological polar surface area (TPSA) is 70.6 Å². The van der Waals surface area contributed by atoms with E-state index in [0.717, 1.165) is 12.8 Å². The van der Waals surface area contributed by atoms with E-state index < -0.39 is 0 Å². The molecule has 0 heterocycles. The number of hydrogen-bond acceptors (Lipinski definition) is 3. The highest BCUT2D eigenvalue weighted by atomic mass is 19.1. The van der Waals surface area contributed by atoms with Gasteiger partial charge in [-0.15, -0.1) is 0 Å². The van der Waals surface area contributed by atoms with Gasteiger partial charge >= 0.3 is 0 Å². The Hall–Kier alpha value is -3.02. The Morgan fingerprint density at radius 2 is 1.69 bits per heavy atom. The molecule has 2 aromatic rings. The van der Waals surface area contributed by atoms with Crippen LogP contribution in [0, 0.1) is 5.82 Å². The SMILES string of the molecule is O=C(CCCCCNC(=O)c1ccccc1)N/N=C/c1ccccc1F. The number of unbranched alkanes of at least 4 members (excludes halogenated alkanes) is 2. The third-order valence-electron chi connectivity index (χ3n) is 3.70. The van der Waals surface area contributed by atoms with Crippen LogP contribution in [0.4, 0.5) is 4.39 Å². The van der Waals surface area contributed by atoms with Crippen LogP contribution in [0.15, 0.2) is 59.7 Å². The number of hydrazone groups is 1. The molecule has 2 aromatic carbocycles. The third kappa shape index (κ3) is 6.84. The van der Waals surface area contributed by atoms with Crippen molar-refractivity contribution in [3.05, 3.63) is 71.5 Å². The van der Waals surface area contributed by atoms with Gasteiger partial charge in [0.2, 0.25) is 5.91 Å². The number of benzene rings is 2. The van der Waals surface area contributed by atoms with Crippen LogP contribution in [-0.2, 0) is 4.79 Å². The van der Waals surface area contributed by atoms with Gasteiger partial charge in [0.1, 0.15) is 5.82 Å². The Morgan fingerprint density at radius 3 is 2.46 bits per heavy atom. The van der Waals surface area contributed by atoms with E-state index in [-0.39, 0.29) is 17.6 Å². The quantitative estimate of drug-likeness (QED) is 0.412. The first-order valence-electron chi connectivity index (χ1n) is 8.56. The lowest BCUT2D eigenvalue weighted by atomic mass is 10.2. The summed E-state index contributed by atoms with van der Waals surface area (Å²) in [6.45, 7) is 0.570. The number of hydrogen-bond donors (Lipinski definition) is 2. The lowest BCUT2D eigenvalue weighted by Gasteiger charge is -2.05. The van der Waals surface area contributed by atoms with Crippen molar-refractivity contribution in [2.24, 2.45) is 5.10 Å². The zero-order chi connectivity index (χ0) is 18.6. The molecule has 0 unspecified atom stereocenters. The predicted octanol–water partition coefficient (Wildman–Crippen LogP) is 3.27. The van der Waals surface area contributed by atoms with Crippen molar-refractivity contribution in [3.63, 3.8) is 0 Å². The highest BCUT2D eigenvalue weighted by molar-refractivity contribution is 5.94. The molecule has 0 aromatic heterocycles. The highest BCUT2D eigenvalue weighted by Gasteiger charge is 2.03. The first kappa shape index (κ1) is 19.3. The third-order valence-corrected chi connectivity index (χ3v) is 3.70. The van der Waals surface area contributed by atoms with Crippen molar-refractivity contribution in [1.82, 2.24) is 10.7 Å². The Bertz CT molecular complexity index is 748. The van der Waals surface area contributed by atoms with Crippen molar-refractivity contribution in [1.29, 1.82) is 0 Å². The zero-order valence-electron chi connectivity index (χ0n) is 14.5. The van der Waals surface area contributed by atoms with Gasteiger partial charge < -0.3 is 5.32 Å². The van der Waals surface area contributed by atoms with Crippen molar-refractivity contribution in [2.45, 2.75) is 25.7 Å². The van der Waals surface area contributed by atoms with E-state index in [9.17, 15) is 14.0 Å². The molecule has 0 aliphatic rings. The number of carbonyl (C=O) groups excluding carboxylic acids is 2. The lowest BCUT2D eigenvalue weighted by Crippen LogP contribution is -2.24. The standard InChI is InChI=1S/C20H22FN3O2/c21-18-12-7-6-11-17(18)15-23-24-19(25)13-5-2-8-14-22-20(26)16-9-3-1-4-10-16/h1,3-4,6-7,9-12,15H,2,5,8,13-14H2,(H,22,26)(H,24,25)/b23-15+. The normalized spacial score (nSPS) is 10.7. The molecule has 2 rings (SSSR count). The molecule has 0 saturated heterocycles. The fourth-order valence-corrected chi connectivity index (χ4v) is 2.29. The Morgan fingerprint density at radius 1 is 0.962 bits per heavy atom. The van der Waals surface area contributed by atoms with Crippen LogP contribution in [-0.4, -0.2) is 24.6 Å². The maximum absolute atomic E-state index is 13.4. The Balaban J connectivity index is 1.55. The summed E-state index contributed by atoms with van der Waals surface area (Å²) in [5.74, 6) is -0.695. The summed E-state index contributed by atoms with van der Waals surface area (Å²) in [5, 5.41) is 6.60. The molecule has 0 bridgehead atoms. The minimum atomic E-state index is -0.386. The van der Waals surface area contributed by atoms with Gasteiger partial charge in [0.05, 0.1) is 6.21 Å². The predicted molar refractivity (Wildman–Crippen MR) is 99.4 cm³/mol. The van der Waals surface area contributed by atoms with Gasteiger partial charge in [-0.25, -0.2) is 9.82 Å². The van der Waals surface area contributed by atoms with Gasteiger partial charge in [0.15, 0.2) is 0 Å². The van der Waals surface area contributed by atoms with Gasteiger partial charge in [-0.05, 0) is 31.0 Å². The maximum atomic E-state index is 13.4. The summed E-state index contributed by atoms with van der Waals surface area (Å²) in [5.41, 5.74) is 3.34. The molecule has 0 aliphatic heterocycles. The lowest BCUT2D eigenvalue weighted by molar-refractivity contribution is -0.121. The average molecular weight is 355 g/mol. The molecular formula is C20H22FN3O2. The molecule has 0 radical (unpaired) electrons. The van der Waals surface area contributed by atoms with Crippen LogP contribution in [0.3, 0.4) is 0 Å². The average Bonchev–Trinajstić information content (AvgIpc) is 2.66. The summed E-state index contributed by atoms with van der Waals surface area (Å²) in [7, 11) is 0. The second kappa shape index (κ2) is 10.8. The van der Waals surface area contributed by atoms with Crippen molar-refractivity contribution in [3.8, 4) is 0 Å². The molecule has 26 heavy (non-hydrogen) atoms. The van der Waals surface area contributed by atoms with E-state index in [1.165, 1.54) is 12.3 Å². The minimum absolute atomic E-state index is 0.0918. The summed E-state index contributed by atoms with van der Waals surface area (Å²) in [4.78, 5) is 23.5. The first-order chi connectivity index (χ1) is 12.7. The number of carbonyl (C=O) groups is 2. The van der Waals surface area contributed by atoms with Gasteiger partial charge in [-0.1, -0.05) is 42.8 Å². The molecule has 0 spiro atoms. The smallest absolute Gasteiger partial charge is 0.251 e. The fraction of sp³-hybridized carbons (Fsp3) is 0.250. The summed E-state index contributed by atoms with van der Waals surface area (Å²) in [6, 6.07) is 15.2. The van der Waals surface area contributed by atoms with Gasteiger partial charge in [0.25, 0.3) is 5.91 Å². The molecule has 0 fully saturated rings. The Kier molecular flexibility index (Phi) is 7.99. The van der Waals surface area contributed by atoms with Crippen LogP contribution in [0.25, 0.3) is 0 Å². The van der Waals surface area contributed by atoms with E-state index in [1.54, 1.807) is 30.3 Å². The van der Waals surface area contributed by atoms with Gasteiger partial charge in [-0.2, -0.15) is 5.10 Å². The number of nitrogens with one attached hydrogen (secondary N) is 2. The van der Waals surface area contributed by atoms with Crippen LogP contribution < -0.4 is 10.7 Å². The minimum Gasteiger partial charge on any atom is -0.352 e. The van der Waals surface area contributed by atoms with E-state index in [2.05, 4.69) is 15.8 Å². The zero-order valence-corrected chi connectivity index (χ0v) is 14.5. The summed E-state index contributed by atoms with van der Waals surface area (Å²) < 4.78 is 13.4. The van der Waals surface area contributed by atoms with E-state index in [1.807, 2.05) is 18.2 Å². The van der Waals surface area contributed by atoms with Crippen molar-refractivity contribution < 1.29 is 14.0 Å². The molecule has 2 amide bonds. The molecule has 2 N–H and O–H groups in total. The molecule has 0 saturated carbocycles. The number of rotatable bonds is 9. The fourth-order valence-electron chi connectivity index (χ4n) is 2.29. The number of nitrogens with zero attached hydrogens (tertiary/aromatic N) is 1. The number of halogens is 1. The first-order valence-corrected chi connectivity index (χ1v) is 8.56. The summed E-state index contributed by atoms with van der Waals surface area (Å²) in [6.07, 6.45) is 3.93. The molecule has 5 nitrogen and oxygen atoms in total.